The predicted octanol–water partition coefficient (Wildman–Crippen LogP) is 5.26. The van der Waals surface area contributed by atoms with Crippen LogP contribution >= 0.6 is 11.6 Å². The third-order valence-corrected chi connectivity index (χ3v) is 8.37. The Morgan fingerprint density at radius 2 is 1.68 bits per heavy atom. The highest BCUT2D eigenvalue weighted by Crippen LogP contribution is 2.35. The van der Waals surface area contributed by atoms with E-state index in [0.29, 0.717) is 12.1 Å². The Hall–Kier alpha value is -3.63. The number of nitrogens with zero attached hydrogens (tertiary/aromatic N) is 2. The highest BCUT2D eigenvalue weighted by Gasteiger charge is 2.34. The molecule has 0 radical (unpaired) electrons. The Kier molecular flexibility index (Phi) is 11.1. The summed E-state index contributed by atoms with van der Waals surface area (Å²) in [7, 11) is -2.90. The van der Waals surface area contributed by atoms with Crippen LogP contribution in [0.4, 0.5) is 10.1 Å². The number of carbonyl (C=O) groups is 2. The summed E-state index contributed by atoms with van der Waals surface area (Å²) in [5.41, 5.74) is 0.643. The molecule has 0 aliphatic rings. The van der Waals surface area contributed by atoms with Gasteiger partial charge in [-0.3, -0.25) is 13.9 Å². The summed E-state index contributed by atoms with van der Waals surface area (Å²) in [5.74, 6) is -1.08. The minimum absolute atomic E-state index is 0.0402. The number of benzene rings is 3. The topological polar surface area (TPSA) is 96.0 Å². The lowest BCUT2D eigenvalue weighted by atomic mass is 10.1. The van der Waals surface area contributed by atoms with E-state index >= 15 is 0 Å². The molecule has 11 heteroatoms. The largest absolute Gasteiger partial charge is 0.495 e. The van der Waals surface area contributed by atoms with Crippen LogP contribution in [-0.2, 0) is 26.2 Å². The average Bonchev–Trinajstić information content (AvgIpc) is 2.95. The molecule has 1 atom stereocenters. The number of methoxy groups -OCH3 is 1. The number of hydrogen-bond donors (Lipinski definition) is 1. The van der Waals surface area contributed by atoms with Gasteiger partial charge in [-0.1, -0.05) is 62.7 Å². The summed E-state index contributed by atoms with van der Waals surface area (Å²) in [6, 6.07) is 16.8. The van der Waals surface area contributed by atoms with Crippen LogP contribution in [0, 0.1) is 11.7 Å². The summed E-state index contributed by atoms with van der Waals surface area (Å²) >= 11 is 6.25. The molecule has 0 aliphatic heterocycles. The Labute approximate surface area is 246 Å². The molecule has 0 heterocycles. The van der Waals surface area contributed by atoms with Crippen LogP contribution in [0.1, 0.15) is 32.8 Å². The molecule has 8 nitrogen and oxygen atoms in total. The maximum atomic E-state index is 14.1. The maximum absolute atomic E-state index is 14.1. The molecule has 0 bridgehead atoms. The van der Waals surface area contributed by atoms with Gasteiger partial charge in [0.05, 0.1) is 17.7 Å². The molecule has 2 amide bonds. The first kappa shape index (κ1) is 31.9. The number of hydrogen-bond acceptors (Lipinski definition) is 5. The molecule has 1 N–H and O–H groups in total. The Morgan fingerprint density at radius 3 is 2.27 bits per heavy atom. The van der Waals surface area contributed by atoms with Gasteiger partial charge in [0.1, 0.15) is 24.2 Å². The average molecular weight is 604 g/mol. The van der Waals surface area contributed by atoms with Crippen LogP contribution in [0.25, 0.3) is 0 Å². The van der Waals surface area contributed by atoms with Crippen molar-refractivity contribution in [3.05, 3.63) is 89.2 Å². The molecule has 3 rings (SSSR count). The molecule has 3 aromatic rings. The van der Waals surface area contributed by atoms with Gasteiger partial charge in [-0.25, -0.2) is 12.8 Å². The molecule has 41 heavy (non-hydrogen) atoms. The van der Waals surface area contributed by atoms with Crippen LogP contribution in [-0.4, -0.2) is 51.4 Å². The lowest BCUT2D eigenvalue weighted by molar-refractivity contribution is -0.140. The molecule has 220 valence electrons. The van der Waals surface area contributed by atoms with Gasteiger partial charge < -0.3 is 15.0 Å². The molecular formula is C30H35ClFN3O5S. The second kappa shape index (κ2) is 14.3. The van der Waals surface area contributed by atoms with E-state index < -0.39 is 34.3 Å². The van der Waals surface area contributed by atoms with Crippen molar-refractivity contribution in [2.24, 2.45) is 5.92 Å². The SMILES string of the molecule is CC[C@H](C(=O)NCC(C)C)N(Cc1ccc(F)cc1)C(=O)CN(c1cc(Cl)ccc1OC)S(=O)(=O)c1ccccc1. The quantitative estimate of drug-likeness (QED) is 0.287. The first-order valence-electron chi connectivity index (χ1n) is 13.2. The Balaban J connectivity index is 2.10. The van der Waals surface area contributed by atoms with E-state index in [1.165, 1.54) is 60.5 Å². The minimum Gasteiger partial charge on any atom is -0.495 e. The van der Waals surface area contributed by atoms with E-state index in [1.54, 1.807) is 31.2 Å². The second-order valence-electron chi connectivity index (χ2n) is 9.85. The fourth-order valence-electron chi connectivity index (χ4n) is 4.22. The Morgan fingerprint density at radius 1 is 1.02 bits per heavy atom. The molecule has 3 aromatic carbocycles. The minimum atomic E-state index is -4.29. The van der Waals surface area contributed by atoms with Crippen molar-refractivity contribution in [3.8, 4) is 5.75 Å². The number of anilines is 1. The van der Waals surface area contributed by atoms with Gasteiger partial charge in [-0.15, -0.1) is 0 Å². The van der Waals surface area contributed by atoms with Gasteiger partial charge >= 0.3 is 0 Å². The summed E-state index contributed by atoms with van der Waals surface area (Å²) in [5, 5.41) is 3.11. The Bertz CT molecular complexity index is 1440. The summed E-state index contributed by atoms with van der Waals surface area (Å²) in [6.45, 7) is 5.38. The first-order chi connectivity index (χ1) is 19.5. The number of ether oxygens (including phenoxy) is 1. The van der Waals surface area contributed by atoms with E-state index in [2.05, 4.69) is 5.32 Å². The second-order valence-corrected chi connectivity index (χ2v) is 12.2. The monoisotopic (exact) mass is 603 g/mol. The number of nitrogens with one attached hydrogen (secondary N) is 1. The van der Waals surface area contributed by atoms with Gasteiger partial charge in [-0.05, 0) is 60.4 Å². The third-order valence-electron chi connectivity index (χ3n) is 6.36. The highest BCUT2D eigenvalue weighted by atomic mass is 35.5. The van der Waals surface area contributed by atoms with Gasteiger partial charge in [0.2, 0.25) is 11.8 Å². The van der Waals surface area contributed by atoms with Crippen molar-refractivity contribution in [3.63, 3.8) is 0 Å². The molecule has 0 aromatic heterocycles. The van der Waals surface area contributed by atoms with E-state index in [0.717, 1.165) is 4.31 Å². The van der Waals surface area contributed by atoms with Crippen LogP contribution in [0.2, 0.25) is 5.02 Å². The van der Waals surface area contributed by atoms with Gasteiger partial charge in [0.25, 0.3) is 10.0 Å². The lowest BCUT2D eigenvalue weighted by Gasteiger charge is -2.33. The zero-order chi connectivity index (χ0) is 30.2. The number of halogens is 2. The van der Waals surface area contributed by atoms with Crippen molar-refractivity contribution in [2.75, 3.05) is 24.5 Å². The van der Waals surface area contributed by atoms with Crippen molar-refractivity contribution in [1.29, 1.82) is 0 Å². The molecule has 0 saturated carbocycles. The third kappa shape index (κ3) is 8.20. The predicted molar refractivity (Wildman–Crippen MR) is 158 cm³/mol. The van der Waals surface area contributed by atoms with Gasteiger partial charge in [0, 0.05) is 18.1 Å². The van der Waals surface area contributed by atoms with E-state index in [-0.39, 0.29) is 46.1 Å². The van der Waals surface area contributed by atoms with Crippen molar-refractivity contribution in [2.45, 2.75) is 44.7 Å². The normalized spacial score (nSPS) is 12.1. The van der Waals surface area contributed by atoms with Gasteiger partial charge in [-0.2, -0.15) is 0 Å². The van der Waals surface area contributed by atoms with Crippen molar-refractivity contribution in [1.82, 2.24) is 10.2 Å². The van der Waals surface area contributed by atoms with Crippen molar-refractivity contribution >= 4 is 39.1 Å². The molecular weight excluding hydrogens is 569 g/mol. The molecule has 0 aliphatic carbocycles. The van der Waals surface area contributed by atoms with Gasteiger partial charge in [0.15, 0.2) is 0 Å². The van der Waals surface area contributed by atoms with E-state index in [4.69, 9.17) is 16.3 Å². The molecule has 0 unspecified atom stereocenters. The number of amides is 2. The van der Waals surface area contributed by atoms with E-state index in [9.17, 15) is 22.4 Å². The fraction of sp³-hybridized carbons (Fsp3) is 0.333. The zero-order valence-electron chi connectivity index (χ0n) is 23.5. The fourth-order valence-corrected chi connectivity index (χ4v) is 5.82. The van der Waals surface area contributed by atoms with Crippen LogP contribution in [0.5, 0.6) is 5.75 Å². The van der Waals surface area contributed by atoms with Crippen LogP contribution < -0.4 is 14.4 Å². The van der Waals surface area contributed by atoms with Crippen LogP contribution in [0.3, 0.4) is 0 Å². The molecule has 0 saturated heterocycles. The maximum Gasteiger partial charge on any atom is 0.264 e. The zero-order valence-corrected chi connectivity index (χ0v) is 25.1. The number of carbonyl (C=O) groups excluding carboxylic acids is 2. The highest BCUT2D eigenvalue weighted by molar-refractivity contribution is 7.92. The summed E-state index contributed by atoms with van der Waals surface area (Å²) in [6.07, 6.45) is 0.267. The summed E-state index contributed by atoms with van der Waals surface area (Å²) < 4.78 is 47.9. The standard InChI is InChI=1S/C30H35ClFN3O5S/c1-5-26(30(37)33-18-21(2)3)34(19-22-11-14-24(32)15-12-22)29(36)20-35(27-17-23(31)13-16-28(27)40-4)41(38,39)25-9-7-6-8-10-25/h6-17,21,26H,5,18-20H2,1-4H3,(H,33,37)/t26-/m1/s1. The van der Waals surface area contributed by atoms with E-state index in [1.807, 2.05) is 13.8 Å². The molecule has 0 spiro atoms. The number of rotatable bonds is 13. The number of sulfonamides is 1. The van der Waals surface area contributed by atoms with Crippen molar-refractivity contribution < 1.29 is 27.1 Å². The lowest BCUT2D eigenvalue weighted by Crippen LogP contribution is -2.52. The first-order valence-corrected chi connectivity index (χ1v) is 15.0. The summed E-state index contributed by atoms with van der Waals surface area (Å²) in [4.78, 5) is 28.6. The molecule has 0 fully saturated rings. The van der Waals surface area contributed by atoms with Crippen LogP contribution in [0.15, 0.2) is 77.7 Å². The smallest absolute Gasteiger partial charge is 0.264 e.